The minimum Gasteiger partial charge on any atom is -0.490 e. The normalized spacial score (nSPS) is 13.3. The van der Waals surface area contributed by atoms with E-state index in [2.05, 4.69) is 10.0 Å². The van der Waals surface area contributed by atoms with E-state index in [1.807, 2.05) is 0 Å². The molecule has 2 rings (SSSR count). The average Bonchev–Trinajstić information content (AvgIpc) is 2.67. The Bertz CT molecular complexity index is 510. The number of rotatable bonds is 5. The third kappa shape index (κ3) is 3.63. The lowest BCUT2D eigenvalue weighted by Crippen LogP contribution is -2.01. The molecule has 0 bridgehead atoms. The number of carbonyl (C=O) groups excluding carboxylic acids is 1. The van der Waals surface area contributed by atoms with Gasteiger partial charge >= 0.3 is 0 Å². The van der Waals surface area contributed by atoms with E-state index in [9.17, 15) is 4.79 Å². The lowest BCUT2D eigenvalue weighted by atomic mass is 10.1. The van der Waals surface area contributed by atoms with Crippen molar-refractivity contribution in [3.05, 3.63) is 34.2 Å². The van der Waals surface area contributed by atoms with Crippen LogP contribution in [0.15, 0.2) is 23.3 Å². The van der Waals surface area contributed by atoms with Crippen LogP contribution in [0, 0.1) is 0 Å². The minimum absolute atomic E-state index is 0.0174. The molecule has 1 aliphatic heterocycles. The van der Waals surface area contributed by atoms with Crippen molar-refractivity contribution in [2.24, 2.45) is 5.11 Å². The summed E-state index contributed by atoms with van der Waals surface area (Å²) in [6.45, 7) is 1.57. The Kier molecular flexibility index (Phi) is 4.64. The number of fused-ring (bicyclic) bond motifs is 1. The fourth-order valence-corrected chi connectivity index (χ4v) is 1.84. The van der Waals surface area contributed by atoms with Crippen molar-refractivity contribution in [3.8, 4) is 11.5 Å². The second-order valence-corrected chi connectivity index (χ2v) is 4.19. The van der Waals surface area contributed by atoms with Crippen molar-refractivity contribution in [1.82, 2.24) is 0 Å². The zero-order valence-electron chi connectivity index (χ0n) is 10.5. The first-order valence-electron chi connectivity index (χ1n) is 6.25. The lowest BCUT2D eigenvalue weighted by molar-refractivity contribution is 0.0980. The molecule has 0 unspecified atom stereocenters. The van der Waals surface area contributed by atoms with Gasteiger partial charge in [0.1, 0.15) is 0 Å². The summed E-state index contributed by atoms with van der Waals surface area (Å²) in [5.74, 6) is 1.32. The molecule has 100 valence electrons. The van der Waals surface area contributed by atoms with Gasteiger partial charge in [-0.15, -0.1) is 0 Å². The third-order valence-corrected chi connectivity index (χ3v) is 2.79. The van der Waals surface area contributed by atoms with Gasteiger partial charge in [0, 0.05) is 29.9 Å². The second kappa shape index (κ2) is 6.66. The quantitative estimate of drug-likeness (QED) is 0.268. The first kappa shape index (κ1) is 13.2. The Hall–Kier alpha value is -2.20. The van der Waals surface area contributed by atoms with Crippen LogP contribution in [0.25, 0.3) is 10.4 Å². The van der Waals surface area contributed by atoms with Crippen LogP contribution in [0.5, 0.6) is 11.5 Å². The van der Waals surface area contributed by atoms with Gasteiger partial charge in [-0.1, -0.05) is 5.11 Å². The number of benzene rings is 1. The van der Waals surface area contributed by atoms with Gasteiger partial charge in [0.05, 0.1) is 13.2 Å². The van der Waals surface area contributed by atoms with Crippen LogP contribution in [0.4, 0.5) is 0 Å². The highest BCUT2D eigenvalue weighted by atomic mass is 16.5. The maximum absolute atomic E-state index is 11.9. The molecule has 0 amide bonds. The van der Waals surface area contributed by atoms with Crippen LogP contribution < -0.4 is 9.47 Å². The van der Waals surface area contributed by atoms with Gasteiger partial charge in [0.15, 0.2) is 17.3 Å². The van der Waals surface area contributed by atoms with Crippen molar-refractivity contribution in [1.29, 1.82) is 0 Å². The van der Waals surface area contributed by atoms with Crippen LogP contribution >= 0.6 is 0 Å². The Labute approximate surface area is 111 Å². The molecule has 6 nitrogen and oxygen atoms in total. The molecule has 0 N–H and O–H groups in total. The number of hydrogen-bond donors (Lipinski definition) is 0. The molecule has 0 aliphatic carbocycles. The molecule has 6 heteroatoms. The van der Waals surface area contributed by atoms with E-state index in [4.69, 9.17) is 15.0 Å². The summed E-state index contributed by atoms with van der Waals surface area (Å²) >= 11 is 0. The summed E-state index contributed by atoms with van der Waals surface area (Å²) in [6, 6.07) is 5.22. The highest BCUT2D eigenvalue weighted by molar-refractivity contribution is 5.96. The Balaban J connectivity index is 2.02. The first-order valence-corrected chi connectivity index (χ1v) is 6.25. The van der Waals surface area contributed by atoms with Crippen LogP contribution in [-0.2, 0) is 0 Å². The number of carbonyl (C=O) groups is 1. The standard InChI is InChI=1S/C13H15N3O3/c14-16-15-6-1-3-11(17)10-4-5-12-13(9-10)19-8-2-7-18-12/h4-5,9H,1-3,6-8H2. The number of ketones is 1. The van der Waals surface area contributed by atoms with Crippen LogP contribution in [0.3, 0.4) is 0 Å². The maximum Gasteiger partial charge on any atom is 0.163 e. The zero-order chi connectivity index (χ0) is 13.5. The van der Waals surface area contributed by atoms with Gasteiger partial charge in [0.2, 0.25) is 0 Å². The third-order valence-electron chi connectivity index (χ3n) is 2.79. The zero-order valence-corrected chi connectivity index (χ0v) is 10.5. The van der Waals surface area contributed by atoms with E-state index < -0.39 is 0 Å². The molecule has 0 fully saturated rings. The second-order valence-electron chi connectivity index (χ2n) is 4.19. The maximum atomic E-state index is 11.9. The van der Waals surface area contributed by atoms with Crippen molar-refractivity contribution in [3.63, 3.8) is 0 Å². The Morgan fingerprint density at radius 3 is 2.89 bits per heavy atom. The summed E-state index contributed by atoms with van der Waals surface area (Å²) < 4.78 is 11.0. The Morgan fingerprint density at radius 2 is 2.11 bits per heavy atom. The molecule has 0 spiro atoms. The van der Waals surface area contributed by atoms with Gasteiger partial charge in [0.25, 0.3) is 0 Å². The van der Waals surface area contributed by atoms with Crippen molar-refractivity contribution >= 4 is 5.78 Å². The fraction of sp³-hybridized carbons (Fsp3) is 0.462. The van der Waals surface area contributed by atoms with Gasteiger partial charge in [-0.25, -0.2) is 0 Å². The molecule has 19 heavy (non-hydrogen) atoms. The minimum atomic E-state index is 0.0174. The Morgan fingerprint density at radius 1 is 1.32 bits per heavy atom. The number of hydrogen-bond acceptors (Lipinski definition) is 4. The van der Waals surface area contributed by atoms with E-state index in [0.717, 1.165) is 6.42 Å². The van der Waals surface area contributed by atoms with Crippen molar-refractivity contribution in [2.45, 2.75) is 19.3 Å². The fourth-order valence-electron chi connectivity index (χ4n) is 1.84. The molecule has 1 aromatic rings. The topological polar surface area (TPSA) is 84.3 Å². The van der Waals surface area contributed by atoms with Crippen molar-refractivity contribution < 1.29 is 14.3 Å². The number of nitrogens with zero attached hydrogens (tertiary/aromatic N) is 3. The summed E-state index contributed by atoms with van der Waals surface area (Å²) in [4.78, 5) is 14.6. The van der Waals surface area contributed by atoms with Gasteiger partial charge < -0.3 is 9.47 Å². The number of ether oxygens (including phenoxy) is 2. The molecule has 1 heterocycles. The molecule has 1 aromatic carbocycles. The molecule has 0 saturated carbocycles. The molecule has 1 aliphatic rings. The van der Waals surface area contributed by atoms with Crippen molar-refractivity contribution in [2.75, 3.05) is 19.8 Å². The summed E-state index contributed by atoms with van der Waals surface area (Å²) in [5.41, 5.74) is 8.75. The van der Waals surface area contributed by atoms with E-state index in [-0.39, 0.29) is 5.78 Å². The summed E-state index contributed by atoms with van der Waals surface area (Å²) in [7, 11) is 0. The molecular weight excluding hydrogens is 246 g/mol. The smallest absolute Gasteiger partial charge is 0.163 e. The number of azide groups is 1. The monoisotopic (exact) mass is 261 g/mol. The van der Waals surface area contributed by atoms with Gasteiger partial charge in [-0.05, 0) is 30.2 Å². The summed E-state index contributed by atoms with van der Waals surface area (Å²) in [5, 5.41) is 3.40. The summed E-state index contributed by atoms with van der Waals surface area (Å²) in [6.07, 6.45) is 1.75. The molecule has 0 radical (unpaired) electrons. The average molecular weight is 261 g/mol. The van der Waals surface area contributed by atoms with E-state index in [1.54, 1.807) is 18.2 Å². The largest absolute Gasteiger partial charge is 0.490 e. The first-order chi connectivity index (χ1) is 9.31. The predicted octanol–water partition coefficient (Wildman–Crippen LogP) is 3.12. The van der Waals surface area contributed by atoms with E-state index in [1.165, 1.54) is 0 Å². The number of Topliss-reactive ketones (excluding diaryl/α,β-unsaturated/α-hetero) is 1. The van der Waals surface area contributed by atoms with E-state index >= 15 is 0 Å². The van der Waals surface area contributed by atoms with Gasteiger partial charge in [-0.2, -0.15) is 0 Å². The molecule has 0 aromatic heterocycles. The highest BCUT2D eigenvalue weighted by Crippen LogP contribution is 2.30. The van der Waals surface area contributed by atoms with Crippen LogP contribution in [0.2, 0.25) is 0 Å². The predicted molar refractivity (Wildman–Crippen MR) is 69.6 cm³/mol. The SMILES string of the molecule is [N-]=[N+]=NCCCC(=O)c1ccc2c(c1)OCCCO2. The van der Waals surface area contributed by atoms with Crippen LogP contribution in [0.1, 0.15) is 29.6 Å². The lowest BCUT2D eigenvalue weighted by Gasteiger charge is -2.08. The molecule has 0 saturated heterocycles. The van der Waals surface area contributed by atoms with E-state index in [0.29, 0.717) is 49.7 Å². The molecular formula is C13H15N3O3. The van der Waals surface area contributed by atoms with Gasteiger partial charge in [-0.3, -0.25) is 4.79 Å². The molecule has 0 atom stereocenters. The van der Waals surface area contributed by atoms with Crippen LogP contribution in [-0.4, -0.2) is 25.5 Å². The highest BCUT2D eigenvalue weighted by Gasteiger charge is 2.13.